The van der Waals surface area contributed by atoms with Crippen molar-refractivity contribution in [3.8, 4) is 0 Å². The molecule has 0 aromatic heterocycles. The van der Waals surface area contributed by atoms with Crippen LogP contribution in [0.1, 0.15) is 20.7 Å². The fraction of sp³-hybridized carbons (Fsp3) is 0. The van der Waals surface area contributed by atoms with Gasteiger partial charge in [0.25, 0.3) is 5.91 Å². The maximum absolute atomic E-state index is 13.5. The summed E-state index contributed by atoms with van der Waals surface area (Å²) in [6.45, 7) is 0. The first-order valence-electron chi connectivity index (χ1n) is 5.67. The number of halogens is 3. The third kappa shape index (κ3) is 3.89. The lowest BCUT2D eigenvalue weighted by Crippen LogP contribution is -2.12. The van der Waals surface area contributed by atoms with Crippen LogP contribution in [0.5, 0.6) is 0 Å². The second kappa shape index (κ2) is 6.36. The number of rotatable bonds is 3. The monoisotopic (exact) mass is 415 g/mol. The van der Waals surface area contributed by atoms with Gasteiger partial charge in [0.1, 0.15) is 5.82 Å². The van der Waals surface area contributed by atoms with E-state index in [0.717, 1.165) is 21.1 Å². The van der Waals surface area contributed by atoms with E-state index in [4.69, 9.17) is 5.11 Å². The molecule has 0 radical (unpaired) electrons. The van der Waals surface area contributed by atoms with Gasteiger partial charge in [-0.2, -0.15) is 0 Å². The van der Waals surface area contributed by atoms with Gasteiger partial charge in [-0.25, -0.2) is 9.18 Å². The van der Waals surface area contributed by atoms with Crippen molar-refractivity contribution in [2.75, 3.05) is 5.32 Å². The highest BCUT2D eigenvalue weighted by Crippen LogP contribution is 2.21. The number of anilines is 1. The fourth-order valence-corrected chi connectivity index (χ4v) is 2.95. The van der Waals surface area contributed by atoms with Crippen molar-refractivity contribution in [2.24, 2.45) is 0 Å². The molecule has 0 saturated carbocycles. The number of carboxylic acids is 1. The first-order chi connectivity index (χ1) is 9.86. The van der Waals surface area contributed by atoms with Gasteiger partial charge < -0.3 is 10.4 Å². The number of carbonyl (C=O) groups is 2. The summed E-state index contributed by atoms with van der Waals surface area (Å²) in [6, 6.07) is 8.40. The van der Waals surface area contributed by atoms with E-state index in [1.54, 1.807) is 18.2 Å². The molecule has 108 valence electrons. The second-order valence-electron chi connectivity index (χ2n) is 4.11. The standard InChI is InChI=1S/C14H8Br2FNO3/c15-8-3-7(4-9(16)5-8)13(19)18-10-1-2-11(14(20)21)12(17)6-10/h1-6H,(H,18,19)(H,20,21). The van der Waals surface area contributed by atoms with E-state index in [-0.39, 0.29) is 5.69 Å². The van der Waals surface area contributed by atoms with Crippen molar-refractivity contribution in [2.45, 2.75) is 0 Å². The van der Waals surface area contributed by atoms with Crippen molar-refractivity contribution in [1.29, 1.82) is 0 Å². The van der Waals surface area contributed by atoms with E-state index in [9.17, 15) is 14.0 Å². The highest BCUT2D eigenvalue weighted by molar-refractivity contribution is 9.11. The second-order valence-corrected chi connectivity index (χ2v) is 5.94. The number of hydrogen-bond donors (Lipinski definition) is 2. The summed E-state index contributed by atoms with van der Waals surface area (Å²) in [4.78, 5) is 22.8. The van der Waals surface area contributed by atoms with E-state index in [1.807, 2.05) is 0 Å². The van der Waals surface area contributed by atoms with Crippen molar-refractivity contribution in [1.82, 2.24) is 0 Å². The number of amides is 1. The SMILES string of the molecule is O=C(Nc1ccc(C(=O)O)c(F)c1)c1cc(Br)cc(Br)c1. The lowest BCUT2D eigenvalue weighted by molar-refractivity contribution is 0.0692. The molecule has 0 aliphatic heterocycles. The molecular weight excluding hydrogens is 409 g/mol. The van der Waals surface area contributed by atoms with Crippen LogP contribution in [0.2, 0.25) is 0 Å². The van der Waals surface area contributed by atoms with Crippen molar-refractivity contribution >= 4 is 49.4 Å². The van der Waals surface area contributed by atoms with Crippen LogP contribution in [0, 0.1) is 5.82 Å². The highest BCUT2D eigenvalue weighted by Gasteiger charge is 2.13. The summed E-state index contributed by atoms with van der Waals surface area (Å²) in [5.41, 5.74) is 0.107. The van der Waals surface area contributed by atoms with Crippen LogP contribution < -0.4 is 5.32 Å². The lowest BCUT2D eigenvalue weighted by Gasteiger charge is -2.07. The maximum Gasteiger partial charge on any atom is 0.338 e. The minimum Gasteiger partial charge on any atom is -0.478 e. The van der Waals surface area contributed by atoms with E-state index in [0.29, 0.717) is 5.56 Å². The van der Waals surface area contributed by atoms with Crippen molar-refractivity contribution in [3.63, 3.8) is 0 Å². The third-order valence-corrected chi connectivity index (χ3v) is 3.50. The van der Waals surface area contributed by atoms with Gasteiger partial charge in [0.2, 0.25) is 0 Å². The summed E-state index contributed by atoms with van der Waals surface area (Å²) in [7, 11) is 0. The molecule has 0 aliphatic rings. The minimum atomic E-state index is -1.36. The van der Waals surface area contributed by atoms with Crippen molar-refractivity contribution in [3.05, 3.63) is 62.3 Å². The Kier molecular flexibility index (Phi) is 4.74. The average Bonchev–Trinajstić information content (AvgIpc) is 2.37. The Bertz CT molecular complexity index is 714. The Morgan fingerprint density at radius 1 is 1.05 bits per heavy atom. The summed E-state index contributed by atoms with van der Waals surface area (Å²) >= 11 is 6.54. The lowest BCUT2D eigenvalue weighted by atomic mass is 10.1. The summed E-state index contributed by atoms with van der Waals surface area (Å²) in [6.07, 6.45) is 0. The largest absolute Gasteiger partial charge is 0.478 e. The van der Waals surface area contributed by atoms with Crippen LogP contribution in [0.4, 0.5) is 10.1 Å². The quantitative estimate of drug-likeness (QED) is 0.783. The normalized spacial score (nSPS) is 10.2. The molecule has 1 amide bonds. The number of carboxylic acid groups (broad SMARTS) is 1. The third-order valence-electron chi connectivity index (χ3n) is 2.58. The van der Waals surface area contributed by atoms with Crippen LogP contribution in [0.15, 0.2) is 45.3 Å². The van der Waals surface area contributed by atoms with E-state index >= 15 is 0 Å². The fourth-order valence-electron chi connectivity index (χ4n) is 1.65. The number of aromatic carboxylic acids is 1. The Balaban J connectivity index is 2.23. The Hall–Kier alpha value is -1.73. The van der Waals surface area contributed by atoms with Crippen LogP contribution in [0.25, 0.3) is 0 Å². The molecule has 2 aromatic rings. The highest BCUT2D eigenvalue weighted by atomic mass is 79.9. The smallest absolute Gasteiger partial charge is 0.338 e. The summed E-state index contributed by atoms with van der Waals surface area (Å²) in [5.74, 6) is -2.70. The molecule has 0 unspecified atom stereocenters. The Labute approximate surface area is 136 Å². The van der Waals surface area contributed by atoms with Crippen LogP contribution in [-0.2, 0) is 0 Å². The van der Waals surface area contributed by atoms with Gasteiger partial charge >= 0.3 is 5.97 Å². The molecular formula is C14H8Br2FNO3. The van der Waals surface area contributed by atoms with E-state index in [1.165, 1.54) is 6.07 Å². The Morgan fingerprint density at radius 2 is 1.67 bits per heavy atom. The number of carbonyl (C=O) groups excluding carboxylic acids is 1. The van der Waals surface area contributed by atoms with Crippen LogP contribution >= 0.6 is 31.9 Å². The predicted octanol–water partition coefficient (Wildman–Crippen LogP) is 4.30. The maximum atomic E-state index is 13.5. The van der Waals surface area contributed by atoms with E-state index < -0.39 is 23.3 Å². The molecule has 0 heterocycles. The molecule has 2 rings (SSSR count). The molecule has 2 N–H and O–H groups in total. The molecule has 0 spiro atoms. The molecule has 21 heavy (non-hydrogen) atoms. The van der Waals surface area contributed by atoms with E-state index in [2.05, 4.69) is 37.2 Å². The van der Waals surface area contributed by atoms with Crippen LogP contribution in [-0.4, -0.2) is 17.0 Å². The van der Waals surface area contributed by atoms with Gasteiger partial charge in [0, 0.05) is 20.2 Å². The molecule has 4 nitrogen and oxygen atoms in total. The summed E-state index contributed by atoms with van der Waals surface area (Å²) in [5, 5.41) is 11.2. The van der Waals surface area contributed by atoms with Crippen LogP contribution in [0.3, 0.4) is 0 Å². The first-order valence-corrected chi connectivity index (χ1v) is 7.25. The molecule has 0 atom stereocenters. The molecule has 0 bridgehead atoms. The zero-order chi connectivity index (χ0) is 15.6. The van der Waals surface area contributed by atoms with Gasteiger partial charge in [-0.05, 0) is 36.4 Å². The average molecular weight is 417 g/mol. The van der Waals surface area contributed by atoms with Gasteiger partial charge in [-0.3, -0.25) is 4.79 Å². The molecule has 0 fully saturated rings. The topological polar surface area (TPSA) is 66.4 Å². The Morgan fingerprint density at radius 3 is 2.19 bits per heavy atom. The molecule has 0 saturated heterocycles. The molecule has 7 heteroatoms. The van der Waals surface area contributed by atoms with Gasteiger partial charge in [-0.1, -0.05) is 31.9 Å². The zero-order valence-corrected chi connectivity index (χ0v) is 13.5. The first kappa shape index (κ1) is 15.7. The molecule has 0 aliphatic carbocycles. The zero-order valence-electron chi connectivity index (χ0n) is 10.4. The minimum absolute atomic E-state index is 0.179. The number of nitrogens with one attached hydrogen (secondary N) is 1. The van der Waals surface area contributed by atoms with Crippen molar-refractivity contribution < 1.29 is 19.1 Å². The van der Waals surface area contributed by atoms with Gasteiger partial charge in [-0.15, -0.1) is 0 Å². The summed E-state index contributed by atoms with van der Waals surface area (Å²) < 4.78 is 15.0. The van der Waals surface area contributed by atoms with Gasteiger partial charge in [0.15, 0.2) is 0 Å². The number of benzene rings is 2. The van der Waals surface area contributed by atoms with Gasteiger partial charge in [0.05, 0.1) is 5.56 Å². The molecule has 2 aromatic carbocycles. The predicted molar refractivity (Wildman–Crippen MR) is 83.2 cm³/mol. The number of hydrogen-bond acceptors (Lipinski definition) is 2.